The van der Waals surface area contributed by atoms with Crippen molar-refractivity contribution in [2.75, 3.05) is 13.2 Å². The van der Waals surface area contributed by atoms with Gasteiger partial charge in [-0.05, 0) is 6.42 Å². The van der Waals surface area contributed by atoms with Crippen LogP contribution in [0.1, 0.15) is 12.8 Å². The first-order chi connectivity index (χ1) is 8.64. The number of hydrogen-bond donors (Lipinski definition) is 2. The molecule has 0 saturated heterocycles. The molecule has 7 nitrogen and oxygen atoms in total. The van der Waals surface area contributed by atoms with Gasteiger partial charge in [-0.25, -0.2) is 4.79 Å². The fraction of sp³-hybridized carbons (Fsp3) is 0.667. The van der Waals surface area contributed by atoms with Gasteiger partial charge in [0.2, 0.25) is 5.91 Å². The summed E-state index contributed by atoms with van der Waals surface area (Å²) in [5.41, 5.74) is 10.1. The highest BCUT2D eigenvalue weighted by molar-refractivity contribution is 5.78. The molecule has 0 aliphatic carbocycles. The van der Waals surface area contributed by atoms with Crippen LogP contribution >= 0.6 is 0 Å². The maximum absolute atomic E-state index is 11.7. The van der Waals surface area contributed by atoms with Crippen molar-refractivity contribution in [1.29, 1.82) is 0 Å². The van der Waals surface area contributed by atoms with Crippen molar-refractivity contribution < 1.29 is 37.0 Å². The van der Waals surface area contributed by atoms with E-state index < -0.39 is 43.3 Å². The summed E-state index contributed by atoms with van der Waals surface area (Å²) in [5.74, 6) is -3.95. The Balaban J connectivity index is 3.80. The lowest BCUT2D eigenvalue weighted by Crippen LogP contribution is -2.34. The van der Waals surface area contributed by atoms with Crippen molar-refractivity contribution in [2.24, 2.45) is 11.5 Å². The topological polar surface area (TPSA) is 122 Å². The Kier molecular flexibility index (Phi) is 6.83. The van der Waals surface area contributed by atoms with Crippen molar-refractivity contribution in [3.05, 3.63) is 0 Å². The number of hydrogen-bond acceptors (Lipinski definition) is 6. The van der Waals surface area contributed by atoms with E-state index in [0.717, 1.165) is 0 Å². The summed E-state index contributed by atoms with van der Waals surface area (Å²) in [4.78, 5) is 31.8. The summed E-state index contributed by atoms with van der Waals surface area (Å²) in [5, 5.41) is 0. The molecule has 0 aromatic rings. The summed E-state index contributed by atoms with van der Waals surface area (Å²) in [6, 6.07) is -1.12. The van der Waals surface area contributed by atoms with Gasteiger partial charge in [-0.3, -0.25) is 9.59 Å². The second kappa shape index (κ2) is 7.56. The van der Waals surface area contributed by atoms with Gasteiger partial charge in [0.05, 0.1) is 0 Å². The second-order valence-corrected chi connectivity index (χ2v) is 3.41. The number of nitrogens with two attached hydrogens (primary N) is 2. The van der Waals surface area contributed by atoms with E-state index in [1.165, 1.54) is 0 Å². The van der Waals surface area contributed by atoms with Crippen molar-refractivity contribution in [1.82, 2.24) is 0 Å². The van der Waals surface area contributed by atoms with Crippen LogP contribution in [0.5, 0.6) is 0 Å². The number of halogens is 3. The molecule has 110 valence electrons. The average Bonchev–Trinajstić information content (AvgIpc) is 2.29. The Hall–Kier alpha value is -1.84. The first-order valence-corrected chi connectivity index (χ1v) is 5.09. The Labute approximate surface area is 106 Å². The Morgan fingerprint density at radius 3 is 2.11 bits per heavy atom. The largest absolute Gasteiger partial charge is 0.490 e. The summed E-state index contributed by atoms with van der Waals surface area (Å²) < 4.78 is 43.3. The molecule has 1 atom stereocenters. The Morgan fingerprint density at radius 1 is 1.11 bits per heavy atom. The number of esters is 2. The molecule has 4 N–H and O–H groups in total. The first kappa shape index (κ1) is 17.2. The van der Waals surface area contributed by atoms with Crippen LogP contribution < -0.4 is 11.5 Å². The Bertz CT molecular complexity index is 345. The average molecular weight is 286 g/mol. The molecule has 0 aliphatic heterocycles. The predicted octanol–water partition coefficient (Wildman–Crippen LogP) is -0.772. The lowest BCUT2D eigenvalue weighted by molar-refractivity contribution is -0.201. The smallest absolute Gasteiger partial charge is 0.461 e. The quantitative estimate of drug-likeness (QED) is 0.468. The third kappa shape index (κ3) is 7.97. The summed E-state index contributed by atoms with van der Waals surface area (Å²) in [6.45, 7) is -1.31. The van der Waals surface area contributed by atoms with E-state index in [9.17, 15) is 27.6 Å². The van der Waals surface area contributed by atoms with Gasteiger partial charge in [-0.15, -0.1) is 0 Å². The number of alkyl halides is 3. The lowest BCUT2D eigenvalue weighted by atomic mass is 10.1. The normalized spacial score (nSPS) is 12.6. The maximum atomic E-state index is 11.7. The lowest BCUT2D eigenvalue weighted by Gasteiger charge is -2.11. The fourth-order valence-corrected chi connectivity index (χ4v) is 0.881. The minimum atomic E-state index is -5.10. The maximum Gasteiger partial charge on any atom is 0.490 e. The molecule has 0 unspecified atom stereocenters. The van der Waals surface area contributed by atoms with Gasteiger partial charge >= 0.3 is 18.1 Å². The standard InChI is InChI=1S/C9H13F3N2O5/c10-9(11,12)8(17)19-4-3-18-7(16)5(13)1-2-6(14)15/h5H,1-4,13H2,(H2,14,15)/t5-/m0/s1. The number of amides is 1. The van der Waals surface area contributed by atoms with Gasteiger partial charge in [0.25, 0.3) is 0 Å². The van der Waals surface area contributed by atoms with Crippen molar-refractivity contribution in [2.45, 2.75) is 25.1 Å². The highest BCUT2D eigenvalue weighted by Crippen LogP contribution is 2.16. The molecule has 0 aromatic carbocycles. The van der Waals surface area contributed by atoms with Gasteiger partial charge in [0.1, 0.15) is 19.3 Å². The van der Waals surface area contributed by atoms with Crippen LogP contribution in [-0.4, -0.2) is 43.3 Å². The molecule has 0 aromatic heterocycles. The van der Waals surface area contributed by atoms with Crippen molar-refractivity contribution >= 4 is 17.8 Å². The third-order valence-corrected chi connectivity index (χ3v) is 1.80. The van der Waals surface area contributed by atoms with Crippen LogP contribution in [0.15, 0.2) is 0 Å². The number of carbonyl (C=O) groups excluding carboxylic acids is 3. The zero-order chi connectivity index (χ0) is 15.1. The zero-order valence-corrected chi connectivity index (χ0v) is 9.74. The van der Waals surface area contributed by atoms with E-state index in [2.05, 4.69) is 9.47 Å². The molecule has 0 bridgehead atoms. The van der Waals surface area contributed by atoms with Crippen LogP contribution in [0.4, 0.5) is 13.2 Å². The number of primary amides is 1. The molecule has 0 saturated carbocycles. The van der Waals surface area contributed by atoms with Gasteiger partial charge in [0.15, 0.2) is 0 Å². The highest BCUT2D eigenvalue weighted by Gasteiger charge is 2.40. The van der Waals surface area contributed by atoms with Crippen LogP contribution in [0.2, 0.25) is 0 Å². The summed E-state index contributed by atoms with van der Waals surface area (Å²) in [6.07, 6.45) is -5.27. The number of carbonyl (C=O) groups is 3. The predicted molar refractivity (Wildman–Crippen MR) is 54.4 cm³/mol. The molecule has 0 rings (SSSR count). The van der Waals surface area contributed by atoms with E-state index >= 15 is 0 Å². The SMILES string of the molecule is NC(=O)CC[C@H](N)C(=O)OCCOC(=O)C(F)(F)F. The van der Waals surface area contributed by atoms with E-state index in [1.54, 1.807) is 0 Å². The fourth-order valence-electron chi connectivity index (χ4n) is 0.881. The van der Waals surface area contributed by atoms with Crippen LogP contribution in [-0.2, 0) is 23.9 Å². The van der Waals surface area contributed by atoms with Crippen molar-refractivity contribution in [3.63, 3.8) is 0 Å². The van der Waals surface area contributed by atoms with Gasteiger partial charge in [-0.1, -0.05) is 0 Å². The molecule has 0 spiro atoms. The van der Waals surface area contributed by atoms with Gasteiger partial charge < -0.3 is 20.9 Å². The van der Waals surface area contributed by atoms with E-state index in [-0.39, 0.29) is 12.8 Å². The number of rotatable bonds is 7. The Morgan fingerprint density at radius 2 is 1.63 bits per heavy atom. The molecule has 0 fully saturated rings. The first-order valence-electron chi connectivity index (χ1n) is 5.09. The van der Waals surface area contributed by atoms with E-state index in [0.29, 0.717) is 0 Å². The monoisotopic (exact) mass is 286 g/mol. The minimum Gasteiger partial charge on any atom is -0.461 e. The molecular formula is C9H13F3N2O5. The van der Waals surface area contributed by atoms with Crippen LogP contribution in [0, 0.1) is 0 Å². The highest BCUT2D eigenvalue weighted by atomic mass is 19.4. The van der Waals surface area contributed by atoms with Crippen molar-refractivity contribution in [3.8, 4) is 0 Å². The molecular weight excluding hydrogens is 273 g/mol. The molecule has 0 heterocycles. The van der Waals surface area contributed by atoms with E-state index in [1.807, 2.05) is 0 Å². The van der Waals surface area contributed by atoms with Crippen LogP contribution in [0.3, 0.4) is 0 Å². The minimum absolute atomic E-state index is 0.0451. The summed E-state index contributed by atoms with van der Waals surface area (Å²) >= 11 is 0. The van der Waals surface area contributed by atoms with Gasteiger partial charge in [0, 0.05) is 6.42 Å². The third-order valence-electron chi connectivity index (χ3n) is 1.80. The molecule has 10 heteroatoms. The summed E-state index contributed by atoms with van der Waals surface area (Å²) in [7, 11) is 0. The molecule has 19 heavy (non-hydrogen) atoms. The molecule has 0 aliphatic rings. The van der Waals surface area contributed by atoms with Crippen LogP contribution in [0.25, 0.3) is 0 Å². The van der Waals surface area contributed by atoms with Gasteiger partial charge in [-0.2, -0.15) is 13.2 Å². The molecule has 0 radical (unpaired) electrons. The zero-order valence-electron chi connectivity index (χ0n) is 9.74. The number of ether oxygens (including phenoxy) is 2. The second-order valence-electron chi connectivity index (χ2n) is 3.41. The molecule has 1 amide bonds. The van der Waals surface area contributed by atoms with E-state index in [4.69, 9.17) is 11.5 Å².